The molecule has 0 radical (unpaired) electrons. The zero-order valence-electron chi connectivity index (χ0n) is 14.4. The molecule has 0 saturated heterocycles. The van der Waals surface area contributed by atoms with E-state index in [1.807, 2.05) is 0 Å². The van der Waals surface area contributed by atoms with Gasteiger partial charge in [-0.3, -0.25) is 9.59 Å². The van der Waals surface area contributed by atoms with Crippen LogP contribution in [0.15, 0.2) is 42.6 Å². The maximum absolute atomic E-state index is 12.9. The molecule has 0 aromatic carbocycles. The van der Waals surface area contributed by atoms with Gasteiger partial charge in [0.1, 0.15) is 5.82 Å². The van der Waals surface area contributed by atoms with Crippen LogP contribution in [0.3, 0.4) is 0 Å². The van der Waals surface area contributed by atoms with Crippen LogP contribution in [0.25, 0.3) is 0 Å². The van der Waals surface area contributed by atoms with Crippen molar-refractivity contribution in [3.05, 3.63) is 48.2 Å². The molecule has 0 fully saturated rings. The number of aromatic nitrogens is 1. The number of rotatable bonds is 7. The lowest BCUT2D eigenvalue weighted by atomic mass is 9.94. The van der Waals surface area contributed by atoms with Crippen molar-refractivity contribution in [2.45, 2.75) is 26.1 Å². The van der Waals surface area contributed by atoms with Crippen molar-refractivity contribution in [3.63, 3.8) is 0 Å². The maximum atomic E-state index is 12.9. The Hall–Kier alpha value is -2.68. The molecule has 2 amide bonds. The van der Waals surface area contributed by atoms with E-state index in [2.05, 4.69) is 22.2 Å². The van der Waals surface area contributed by atoms with E-state index in [1.165, 1.54) is 37.4 Å². The standard InChI is InChI=1S/C17H21F3N4O2/c1-4-5-13(15(21)10(2)17(18,19)20)9-23-16(26)12-6-7-22-14(8-12)24-11(3)25/h4-8,10,15H,1,9,21H2,2-3H3,(H,23,26)(H,22,24,25)/b13-5-. The lowest BCUT2D eigenvalue weighted by molar-refractivity contribution is -0.172. The van der Waals surface area contributed by atoms with Gasteiger partial charge in [-0.1, -0.05) is 25.7 Å². The number of nitrogens with one attached hydrogen (secondary N) is 2. The Bertz CT molecular complexity index is 701. The van der Waals surface area contributed by atoms with Crippen LogP contribution in [0.5, 0.6) is 0 Å². The van der Waals surface area contributed by atoms with Crippen LogP contribution in [-0.4, -0.2) is 35.6 Å². The minimum Gasteiger partial charge on any atom is -0.348 e. The molecule has 26 heavy (non-hydrogen) atoms. The molecular weight excluding hydrogens is 349 g/mol. The number of hydrogen-bond donors (Lipinski definition) is 3. The number of amides is 2. The van der Waals surface area contributed by atoms with Crippen molar-refractivity contribution >= 4 is 17.6 Å². The first kappa shape index (κ1) is 21.4. The Balaban J connectivity index is 2.84. The number of carbonyl (C=O) groups is 2. The monoisotopic (exact) mass is 370 g/mol. The second-order valence-corrected chi connectivity index (χ2v) is 5.63. The van der Waals surface area contributed by atoms with E-state index < -0.39 is 24.0 Å². The number of allylic oxidation sites excluding steroid dienone is 2. The second kappa shape index (κ2) is 9.14. The first-order valence-electron chi connectivity index (χ1n) is 7.72. The predicted octanol–water partition coefficient (Wildman–Crippen LogP) is 2.41. The summed E-state index contributed by atoms with van der Waals surface area (Å²) < 4.78 is 38.6. The first-order chi connectivity index (χ1) is 12.1. The summed E-state index contributed by atoms with van der Waals surface area (Å²) in [6.07, 6.45) is -0.464. The molecule has 0 saturated carbocycles. The summed E-state index contributed by atoms with van der Waals surface area (Å²) in [5.74, 6) is -2.48. The third kappa shape index (κ3) is 6.32. The van der Waals surface area contributed by atoms with Gasteiger partial charge >= 0.3 is 6.18 Å². The van der Waals surface area contributed by atoms with Gasteiger partial charge in [-0.05, 0) is 17.7 Å². The van der Waals surface area contributed by atoms with E-state index >= 15 is 0 Å². The molecular formula is C17H21F3N4O2. The van der Waals surface area contributed by atoms with Gasteiger partial charge in [0, 0.05) is 31.3 Å². The minimum atomic E-state index is -4.46. The first-order valence-corrected chi connectivity index (χ1v) is 7.72. The Morgan fingerprint density at radius 1 is 1.42 bits per heavy atom. The Morgan fingerprint density at radius 2 is 2.08 bits per heavy atom. The molecule has 0 aliphatic heterocycles. The van der Waals surface area contributed by atoms with Crippen molar-refractivity contribution < 1.29 is 22.8 Å². The highest BCUT2D eigenvalue weighted by atomic mass is 19.4. The van der Waals surface area contributed by atoms with Gasteiger partial charge in [-0.2, -0.15) is 13.2 Å². The van der Waals surface area contributed by atoms with Crippen LogP contribution in [0.1, 0.15) is 24.2 Å². The molecule has 0 bridgehead atoms. The van der Waals surface area contributed by atoms with E-state index in [0.717, 1.165) is 6.92 Å². The number of carbonyl (C=O) groups excluding carboxylic acids is 2. The SMILES string of the molecule is C=C/C=C(/CNC(=O)c1ccnc(NC(C)=O)c1)C(N)C(C)C(F)(F)F. The molecule has 142 valence electrons. The zero-order chi connectivity index (χ0) is 19.9. The number of nitrogens with zero attached hydrogens (tertiary/aromatic N) is 1. The highest BCUT2D eigenvalue weighted by molar-refractivity contribution is 5.96. The summed E-state index contributed by atoms with van der Waals surface area (Å²) in [4.78, 5) is 27.1. The molecule has 6 nitrogen and oxygen atoms in total. The lowest BCUT2D eigenvalue weighted by Crippen LogP contribution is -2.42. The molecule has 1 aromatic heterocycles. The van der Waals surface area contributed by atoms with Crippen LogP contribution < -0.4 is 16.4 Å². The number of alkyl halides is 3. The average Bonchev–Trinajstić information content (AvgIpc) is 2.55. The fraction of sp³-hybridized carbons (Fsp3) is 0.353. The molecule has 1 heterocycles. The van der Waals surface area contributed by atoms with Crippen molar-refractivity contribution in [3.8, 4) is 0 Å². The summed E-state index contributed by atoms with van der Waals surface area (Å²) in [7, 11) is 0. The Labute approximate surface area is 149 Å². The largest absolute Gasteiger partial charge is 0.393 e. The smallest absolute Gasteiger partial charge is 0.348 e. The van der Waals surface area contributed by atoms with Gasteiger partial charge in [-0.15, -0.1) is 0 Å². The molecule has 0 spiro atoms. The topological polar surface area (TPSA) is 97.1 Å². The van der Waals surface area contributed by atoms with Crippen LogP contribution in [0.2, 0.25) is 0 Å². The van der Waals surface area contributed by atoms with Crippen LogP contribution in [0, 0.1) is 5.92 Å². The highest BCUT2D eigenvalue weighted by Gasteiger charge is 2.40. The summed E-state index contributed by atoms with van der Waals surface area (Å²) in [6, 6.07) is 1.45. The summed E-state index contributed by atoms with van der Waals surface area (Å²) in [6.45, 7) is 5.55. The molecule has 0 aliphatic rings. The average molecular weight is 370 g/mol. The van der Waals surface area contributed by atoms with Crippen LogP contribution in [-0.2, 0) is 4.79 Å². The number of nitrogens with two attached hydrogens (primary N) is 1. The third-order valence-electron chi connectivity index (χ3n) is 3.59. The van der Waals surface area contributed by atoms with Gasteiger partial charge in [0.25, 0.3) is 5.91 Å². The lowest BCUT2D eigenvalue weighted by Gasteiger charge is -2.25. The van der Waals surface area contributed by atoms with Crippen LogP contribution >= 0.6 is 0 Å². The molecule has 2 unspecified atom stereocenters. The third-order valence-corrected chi connectivity index (χ3v) is 3.59. The van der Waals surface area contributed by atoms with E-state index in [9.17, 15) is 22.8 Å². The summed E-state index contributed by atoms with van der Waals surface area (Å²) in [5, 5.41) is 4.94. The van der Waals surface area contributed by atoms with Gasteiger partial charge in [0.15, 0.2) is 0 Å². The zero-order valence-corrected chi connectivity index (χ0v) is 14.4. The second-order valence-electron chi connectivity index (χ2n) is 5.63. The summed E-state index contributed by atoms with van der Waals surface area (Å²) >= 11 is 0. The quantitative estimate of drug-likeness (QED) is 0.642. The Kier molecular flexibility index (Phi) is 7.51. The van der Waals surface area contributed by atoms with E-state index in [-0.39, 0.29) is 29.4 Å². The van der Waals surface area contributed by atoms with Crippen molar-refractivity contribution in [1.29, 1.82) is 0 Å². The van der Waals surface area contributed by atoms with Crippen LogP contribution in [0.4, 0.5) is 19.0 Å². The molecule has 2 atom stereocenters. The summed E-state index contributed by atoms with van der Waals surface area (Å²) in [5.41, 5.74) is 6.08. The van der Waals surface area contributed by atoms with Gasteiger partial charge in [0.05, 0.1) is 5.92 Å². The van der Waals surface area contributed by atoms with E-state index in [4.69, 9.17) is 5.73 Å². The maximum Gasteiger partial charge on any atom is 0.393 e. The normalized spacial score (nSPS) is 14.3. The highest BCUT2D eigenvalue weighted by Crippen LogP contribution is 2.30. The number of anilines is 1. The van der Waals surface area contributed by atoms with Crippen molar-refractivity contribution in [2.75, 3.05) is 11.9 Å². The van der Waals surface area contributed by atoms with Crippen molar-refractivity contribution in [1.82, 2.24) is 10.3 Å². The molecule has 0 aliphatic carbocycles. The van der Waals surface area contributed by atoms with E-state index in [1.54, 1.807) is 0 Å². The minimum absolute atomic E-state index is 0.176. The van der Waals surface area contributed by atoms with Gasteiger partial charge in [-0.25, -0.2) is 4.98 Å². The van der Waals surface area contributed by atoms with E-state index in [0.29, 0.717) is 0 Å². The number of hydrogen-bond acceptors (Lipinski definition) is 4. The fourth-order valence-corrected chi connectivity index (χ4v) is 2.07. The fourth-order valence-electron chi connectivity index (χ4n) is 2.07. The number of halogens is 3. The predicted molar refractivity (Wildman–Crippen MR) is 92.3 cm³/mol. The molecule has 1 aromatic rings. The number of pyridine rings is 1. The van der Waals surface area contributed by atoms with Crippen molar-refractivity contribution in [2.24, 2.45) is 11.7 Å². The molecule has 1 rings (SSSR count). The molecule has 9 heteroatoms. The van der Waals surface area contributed by atoms with Gasteiger partial charge < -0.3 is 16.4 Å². The molecule has 4 N–H and O–H groups in total. The Morgan fingerprint density at radius 3 is 2.62 bits per heavy atom. The van der Waals surface area contributed by atoms with Gasteiger partial charge in [0.2, 0.25) is 5.91 Å².